The fourth-order valence-electron chi connectivity index (χ4n) is 1.99. The largest absolute Gasteiger partial charge is 0.497 e. The number of carbonyl (C=O) groups is 1. The summed E-state index contributed by atoms with van der Waals surface area (Å²) in [5.74, 6) is 0.626. The van der Waals surface area contributed by atoms with E-state index in [2.05, 4.69) is 29.7 Å². The van der Waals surface area contributed by atoms with Crippen molar-refractivity contribution in [3.63, 3.8) is 0 Å². The molecule has 4 heteroatoms. The maximum absolute atomic E-state index is 11.9. The number of ether oxygens (including phenoxy) is 1. The molecule has 0 radical (unpaired) electrons. The van der Waals surface area contributed by atoms with Crippen LogP contribution in [0.25, 0.3) is 0 Å². The Balaban J connectivity index is 1.89. The van der Waals surface area contributed by atoms with Gasteiger partial charge in [0.15, 0.2) is 0 Å². The lowest BCUT2D eigenvalue weighted by Gasteiger charge is -2.09. The molecule has 2 aromatic carbocycles. The van der Waals surface area contributed by atoms with Crippen LogP contribution >= 0.6 is 0 Å². The van der Waals surface area contributed by atoms with Crippen LogP contribution in [0.5, 0.6) is 5.75 Å². The molecule has 0 saturated carbocycles. The van der Waals surface area contributed by atoms with Gasteiger partial charge in [-0.1, -0.05) is 25.1 Å². The molecule has 21 heavy (non-hydrogen) atoms. The smallest absolute Gasteiger partial charge is 0.243 e. The van der Waals surface area contributed by atoms with Crippen LogP contribution in [0.3, 0.4) is 0 Å². The number of carbonyl (C=O) groups excluding carboxylic acids is 1. The molecule has 0 bridgehead atoms. The molecule has 4 nitrogen and oxygen atoms in total. The summed E-state index contributed by atoms with van der Waals surface area (Å²) >= 11 is 0. The first-order valence-electron chi connectivity index (χ1n) is 6.98. The number of nitrogens with one attached hydrogen (secondary N) is 2. The minimum absolute atomic E-state index is 0.0924. The van der Waals surface area contributed by atoms with E-state index in [9.17, 15) is 4.79 Å². The minimum atomic E-state index is -0.0924. The molecule has 1 amide bonds. The first-order chi connectivity index (χ1) is 10.2. The van der Waals surface area contributed by atoms with Crippen LogP contribution in [0.15, 0.2) is 48.5 Å². The van der Waals surface area contributed by atoms with Crippen molar-refractivity contribution in [1.82, 2.24) is 0 Å². The van der Waals surface area contributed by atoms with E-state index in [1.54, 1.807) is 13.2 Å². The predicted octanol–water partition coefficient (Wildman–Crippen LogP) is 3.31. The van der Waals surface area contributed by atoms with Crippen molar-refractivity contribution in [1.29, 1.82) is 0 Å². The Hall–Kier alpha value is -2.49. The first-order valence-corrected chi connectivity index (χ1v) is 6.98. The standard InChI is InChI=1S/C17H20N2O2/c1-3-13-6-4-7-14(10-13)18-12-17(20)19-15-8-5-9-16(11-15)21-2/h4-11,18H,3,12H2,1-2H3,(H,19,20). The molecule has 0 fully saturated rings. The predicted molar refractivity (Wildman–Crippen MR) is 85.9 cm³/mol. The van der Waals surface area contributed by atoms with Crippen LogP contribution in [-0.4, -0.2) is 19.6 Å². The van der Waals surface area contributed by atoms with Gasteiger partial charge in [0.2, 0.25) is 5.91 Å². The molecule has 0 spiro atoms. The number of hydrogen-bond donors (Lipinski definition) is 2. The molecule has 0 aliphatic heterocycles. The summed E-state index contributed by atoms with van der Waals surface area (Å²) in [6, 6.07) is 15.4. The summed E-state index contributed by atoms with van der Waals surface area (Å²) in [5, 5.41) is 5.96. The monoisotopic (exact) mass is 284 g/mol. The molecule has 0 aromatic heterocycles. The van der Waals surface area contributed by atoms with Crippen molar-refractivity contribution >= 4 is 17.3 Å². The van der Waals surface area contributed by atoms with Gasteiger partial charge in [0, 0.05) is 17.4 Å². The summed E-state index contributed by atoms with van der Waals surface area (Å²) in [6.45, 7) is 2.33. The van der Waals surface area contributed by atoms with E-state index in [0.717, 1.165) is 23.5 Å². The van der Waals surface area contributed by atoms with Gasteiger partial charge < -0.3 is 15.4 Å². The third-order valence-electron chi connectivity index (χ3n) is 3.14. The Labute approximate surface area is 125 Å². The molecular weight excluding hydrogens is 264 g/mol. The summed E-state index contributed by atoms with van der Waals surface area (Å²) in [4.78, 5) is 11.9. The average molecular weight is 284 g/mol. The zero-order valence-corrected chi connectivity index (χ0v) is 12.3. The highest BCUT2D eigenvalue weighted by Gasteiger charge is 2.03. The highest BCUT2D eigenvalue weighted by molar-refractivity contribution is 5.93. The Bertz CT molecular complexity index is 611. The molecule has 2 N–H and O–H groups in total. The number of benzene rings is 2. The number of anilines is 2. The normalized spacial score (nSPS) is 10.0. The van der Waals surface area contributed by atoms with Gasteiger partial charge in [0.05, 0.1) is 13.7 Å². The lowest BCUT2D eigenvalue weighted by molar-refractivity contribution is -0.114. The van der Waals surface area contributed by atoms with Gasteiger partial charge in [-0.25, -0.2) is 0 Å². The minimum Gasteiger partial charge on any atom is -0.497 e. The summed E-state index contributed by atoms with van der Waals surface area (Å²) in [6.07, 6.45) is 0.978. The van der Waals surface area contributed by atoms with E-state index in [4.69, 9.17) is 4.74 Å². The van der Waals surface area contributed by atoms with Crippen molar-refractivity contribution in [3.05, 3.63) is 54.1 Å². The molecule has 110 valence electrons. The van der Waals surface area contributed by atoms with Crippen LogP contribution < -0.4 is 15.4 Å². The zero-order valence-electron chi connectivity index (χ0n) is 12.3. The van der Waals surface area contributed by atoms with E-state index in [-0.39, 0.29) is 12.5 Å². The maximum Gasteiger partial charge on any atom is 0.243 e. The van der Waals surface area contributed by atoms with Gasteiger partial charge in [-0.3, -0.25) is 4.79 Å². The van der Waals surface area contributed by atoms with Crippen LogP contribution in [0.4, 0.5) is 11.4 Å². The Morgan fingerprint density at radius 2 is 1.86 bits per heavy atom. The molecule has 0 atom stereocenters. The number of hydrogen-bond acceptors (Lipinski definition) is 3. The second-order valence-corrected chi connectivity index (χ2v) is 4.69. The first kappa shape index (κ1) is 14.9. The van der Waals surface area contributed by atoms with Gasteiger partial charge in [-0.2, -0.15) is 0 Å². The summed E-state index contributed by atoms with van der Waals surface area (Å²) < 4.78 is 5.12. The van der Waals surface area contributed by atoms with Crippen molar-refractivity contribution in [2.45, 2.75) is 13.3 Å². The molecule has 0 aliphatic rings. The summed E-state index contributed by atoms with van der Waals surface area (Å²) in [7, 11) is 1.60. The van der Waals surface area contributed by atoms with Crippen LogP contribution in [-0.2, 0) is 11.2 Å². The third-order valence-corrected chi connectivity index (χ3v) is 3.14. The molecule has 0 heterocycles. The van der Waals surface area contributed by atoms with Crippen LogP contribution in [0.1, 0.15) is 12.5 Å². The SMILES string of the molecule is CCc1cccc(NCC(=O)Nc2cccc(OC)c2)c1. The number of methoxy groups -OCH3 is 1. The molecule has 2 rings (SSSR count). The van der Waals surface area contributed by atoms with Gasteiger partial charge in [-0.05, 0) is 36.2 Å². The van der Waals surface area contributed by atoms with Crippen molar-refractivity contribution in [2.75, 3.05) is 24.3 Å². The van der Waals surface area contributed by atoms with Gasteiger partial charge in [0.1, 0.15) is 5.75 Å². The number of aryl methyl sites for hydroxylation is 1. The Morgan fingerprint density at radius 1 is 1.10 bits per heavy atom. The van der Waals surface area contributed by atoms with Crippen LogP contribution in [0.2, 0.25) is 0 Å². The fraction of sp³-hybridized carbons (Fsp3) is 0.235. The highest BCUT2D eigenvalue weighted by atomic mass is 16.5. The van der Waals surface area contributed by atoms with E-state index >= 15 is 0 Å². The van der Waals surface area contributed by atoms with Gasteiger partial charge in [-0.15, -0.1) is 0 Å². The van der Waals surface area contributed by atoms with Crippen molar-refractivity contribution < 1.29 is 9.53 Å². The van der Waals surface area contributed by atoms with Gasteiger partial charge in [0.25, 0.3) is 0 Å². The fourth-order valence-corrected chi connectivity index (χ4v) is 1.99. The molecular formula is C17H20N2O2. The molecule has 0 unspecified atom stereocenters. The zero-order chi connectivity index (χ0) is 15.1. The van der Waals surface area contributed by atoms with E-state index in [1.807, 2.05) is 30.3 Å². The van der Waals surface area contributed by atoms with E-state index in [0.29, 0.717) is 0 Å². The molecule has 0 aliphatic carbocycles. The Morgan fingerprint density at radius 3 is 2.62 bits per heavy atom. The lowest BCUT2D eigenvalue weighted by atomic mass is 10.1. The number of rotatable bonds is 6. The van der Waals surface area contributed by atoms with Crippen LogP contribution in [0, 0.1) is 0 Å². The second-order valence-electron chi connectivity index (χ2n) is 4.69. The Kier molecular flexibility index (Phi) is 5.21. The number of amides is 1. The average Bonchev–Trinajstić information content (AvgIpc) is 2.53. The lowest BCUT2D eigenvalue weighted by Crippen LogP contribution is -2.21. The van der Waals surface area contributed by atoms with Crippen molar-refractivity contribution in [2.24, 2.45) is 0 Å². The molecule has 2 aromatic rings. The highest BCUT2D eigenvalue weighted by Crippen LogP contribution is 2.16. The van der Waals surface area contributed by atoms with E-state index < -0.39 is 0 Å². The second kappa shape index (κ2) is 7.33. The maximum atomic E-state index is 11.9. The third kappa shape index (κ3) is 4.53. The molecule has 0 saturated heterocycles. The van der Waals surface area contributed by atoms with Gasteiger partial charge >= 0.3 is 0 Å². The van der Waals surface area contributed by atoms with E-state index in [1.165, 1.54) is 5.56 Å². The topological polar surface area (TPSA) is 50.4 Å². The van der Waals surface area contributed by atoms with Crippen molar-refractivity contribution in [3.8, 4) is 5.75 Å². The quantitative estimate of drug-likeness (QED) is 0.855. The summed E-state index contributed by atoms with van der Waals surface area (Å²) in [5.41, 5.74) is 2.92.